The van der Waals surface area contributed by atoms with Crippen molar-refractivity contribution in [2.24, 2.45) is 10.2 Å². The van der Waals surface area contributed by atoms with Crippen LogP contribution in [0.3, 0.4) is 0 Å². The maximum absolute atomic E-state index is 13.4. The van der Waals surface area contributed by atoms with E-state index >= 15 is 0 Å². The summed E-state index contributed by atoms with van der Waals surface area (Å²) in [5, 5.41) is 29.6. The van der Waals surface area contributed by atoms with Gasteiger partial charge >= 0.3 is 18.1 Å². The Labute approximate surface area is 243 Å². The summed E-state index contributed by atoms with van der Waals surface area (Å²) in [4.78, 5) is 24.8. The van der Waals surface area contributed by atoms with Crippen molar-refractivity contribution in [2.75, 3.05) is 17.0 Å². The van der Waals surface area contributed by atoms with Gasteiger partial charge in [0.15, 0.2) is 5.71 Å². The SMILES string of the molecule is O=C(O)c1cccc(-c2cccc(N/N=C3\C(=O)N(c4ccc(C(F)(F)F)cc4)N=C3COCc3ccccc3)c2O)c1. The number of nitrogens with zero attached hydrogens (tertiary/aromatic N) is 3. The normalized spacial score (nSPS) is 14.2. The third kappa shape index (κ3) is 6.54. The molecule has 0 unspecified atom stereocenters. The number of hydrogen-bond acceptors (Lipinski definition) is 7. The Bertz CT molecular complexity index is 1720. The van der Waals surface area contributed by atoms with E-state index in [9.17, 15) is 33.0 Å². The number of phenols is 1. The van der Waals surface area contributed by atoms with Gasteiger partial charge in [-0.25, -0.2) is 4.79 Å². The van der Waals surface area contributed by atoms with Crippen LogP contribution in [-0.2, 0) is 22.3 Å². The number of hydrazone groups is 2. The number of ether oxygens (including phenoxy) is 1. The van der Waals surface area contributed by atoms with Gasteiger partial charge in [-0.05, 0) is 53.6 Å². The standard InChI is InChI=1S/C31H23F3N4O5/c32-31(33,34)22-12-14-23(15-13-22)38-29(40)27(26(37-38)18-43-17-19-6-2-1-3-7-19)36-35-25-11-5-10-24(28(25)39)20-8-4-9-21(16-20)30(41)42/h1-16,35,39H,17-18H2,(H,41,42)/b36-27-. The first-order valence-electron chi connectivity index (χ1n) is 12.8. The Morgan fingerprint density at radius 3 is 2.35 bits per heavy atom. The minimum absolute atomic E-state index is 0.0340. The number of aromatic carboxylic acids is 1. The zero-order valence-electron chi connectivity index (χ0n) is 22.2. The number of carbonyl (C=O) groups excluding carboxylic acids is 1. The van der Waals surface area contributed by atoms with Gasteiger partial charge in [-0.1, -0.05) is 54.6 Å². The molecule has 9 nitrogen and oxygen atoms in total. The van der Waals surface area contributed by atoms with Crippen molar-refractivity contribution in [3.8, 4) is 16.9 Å². The summed E-state index contributed by atoms with van der Waals surface area (Å²) >= 11 is 0. The van der Waals surface area contributed by atoms with E-state index in [1.54, 1.807) is 24.3 Å². The molecular formula is C31H23F3N4O5. The second-order valence-electron chi connectivity index (χ2n) is 9.35. The van der Waals surface area contributed by atoms with Crippen LogP contribution in [0.2, 0.25) is 0 Å². The Kier molecular flexibility index (Phi) is 8.21. The minimum Gasteiger partial charge on any atom is -0.505 e. The first kappa shape index (κ1) is 29.0. The molecule has 12 heteroatoms. The van der Waals surface area contributed by atoms with Crippen LogP contribution in [0.5, 0.6) is 5.75 Å². The zero-order chi connectivity index (χ0) is 30.6. The van der Waals surface area contributed by atoms with Crippen LogP contribution >= 0.6 is 0 Å². The van der Waals surface area contributed by atoms with Crippen molar-refractivity contribution in [1.29, 1.82) is 0 Å². The van der Waals surface area contributed by atoms with Gasteiger partial charge in [0.05, 0.1) is 35.7 Å². The lowest BCUT2D eigenvalue weighted by atomic mass is 10.0. The fourth-order valence-electron chi connectivity index (χ4n) is 4.26. The van der Waals surface area contributed by atoms with Gasteiger partial charge in [0.25, 0.3) is 0 Å². The molecule has 5 rings (SSSR count). The number of phenolic OH excluding ortho intramolecular Hbond substituents is 1. The third-order valence-electron chi connectivity index (χ3n) is 6.42. The number of carboxylic acids is 1. The number of halogens is 3. The van der Waals surface area contributed by atoms with E-state index in [1.807, 2.05) is 30.3 Å². The molecular weight excluding hydrogens is 565 g/mol. The first-order chi connectivity index (χ1) is 20.6. The Balaban J connectivity index is 1.42. The molecule has 0 bridgehead atoms. The smallest absolute Gasteiger partial charge is 0.416 e. The van der Waals surface area contributed by atoms with Crippen LogP contribution < -0.4 is 10.4 Å². The highest BCUT2D eigenvalue weighted by Crippen LogP contribution is 2.36. The number of anilines is 2. The molecule has 4 aromatic rings. The highest BCUT2D eigenvalue weighted by Gasteiger charge is 2.35. The largest absolute Gasteiger partial charge is 0.505 e. The topological polar surface area (TPSA) is 124 Å². The number of carboxylic acid groups (broad SMARTS) is 1. The number of carbonyl (C=O) groups is 2. The van der Waals surface area contributed by atoms with E-state index in [1.165, 1.54) is 18.2 Å². The Morgan fingerprint density at radius 2 is 1.65 bits per heavy atom. The summed E-state index contributed by atoms with van der Waals surface area (Å²) in [5.74, 6) is -2.10. The number of rotatable bonds is 9. The van der Waals surface area contributed by atoms with Gasteiger partial charge < -0.3 is 14.9 Å². The zero-order valence-corrected chi connectivity index (χ0v) is 22.2. The summed E-state index contributed by atoms with van der Waals surface area (Å²) in [6.45, 7) is 0.0551. The second-order valence-corrected chi connectivity index (χ2v) is 9.35. The maximum atomic E-state index is 13.4. The fourth-order valence-corrected chi connectivity index (χ4v) is 4.26. The molecule has 218 valence electrons. The molecule has 43 heavy (non-hydrogen) atoms. The number of benzene rings is 4. The molecule has 0 saturated carbocycles. The molecule has 3 N–H and O–H groups in total. The molecule has 0 atom stereocenters. The summed E-state index contributed by atoms with van der Waals surface area (Å²) in [6, 6.07) is 23.9. The van der Waals surface area contributed by atoms with E-state index in [-0.39, 0.29) is 47.3 Å². The number of hydrogen-bond donors (Lipinski definition) is 3. The molecule has 0 spiro atoms. The van der Waals surface area contributed by atoms with Crippen molar-refractivity contribution < 1.29 is 37.7 Å². The van der Waals surface area contributed by atoms with E-state index in [4.69, 9.17) is 4.74 Å². The lowest BCUT2D eigenvalue weighted by Gasteiger charge is -2.13. The summed E-state index contributed by atoms with van der Waals surface area (Å²) in [7, 11) is 0. The lowest BCUT2D eigenvalue weighted by Crippen LogP contribution is -2.29. The van der Waals surface area contributed by atoms with Gasteiger partial charge in [0, 0.05) is 5.56 Å². The predicted octanol–water partition coefficient (Wildman–Crippen LogP) is 6.16. The van der Waals surface area contributed by atoms with E-state index < -0.39 is 23.6 Å². The number of alkyl halides is 3. The Morgan fingerprint density at radius 1 is 0.930 bits per heavy atom. The first-order valence-corrected chi connectivity index (χ1v) is 12.8. The maximum Gasteiger partial charge on any atom is 0.416 e. The molecule has 4 aromatic carbocycles. The van der Waals surface area contributed by atoms with Gasteiger partial charge in [0.1, 0.15) is 11.5 Å². The fraction of sp³-hybridized carbons (Fsp3) is 0.0968. The molecule has 0 aromatic heterocycles. The van der Waals surface area contributed by atoms with Gasteiger partial charge in [-0.15, -0.1) is 0 Å². The summed E-state index contributed by atoms with van der Waals surface area (Å²) in [6.07, 6.45) is -4.55. The average molecular weight is 589 g/mol. The quantitative estimate of drug-likeness (QED) is 0.159. The number of aromatic hydroxyl groups is 1. The highest BCUT2D eigenvalue weighted by atomic mass is 19.4. The molecule has 0 aliphatic carbocycles. The van der Waals surface area contributed by atoms with E-state index in [2.05, 4.69) is 15.6 Å². The van der Waals surface area contributed by atoms with Crippen molar-refractivity contribution in [1.82, 2.24) is 0 Å². The monoisotopic (exact) mass is 588 g/mol. The molecule has 0 radical (unpaired) electrons. The van der Waals surface area contributed by atoms with Crippen LogP contribution in [0.25, 0.3) is 11.1 Å². The van der Waals surface area contributed by atoms with Gasteiger partial charge in [-0.3, -0.25) is 10.2 Å². The van der Waals surface area contributed by atoms with Crippen LogP contribution in [0.15, 0.2) is 107 Å². The van der Waals surface area contributed by atoms with Crippen LogP contribution in [0.4, 0.5) is 24.5 Å². The molecule has 0 fully saturated rings. The number of para-hydroxylation sites is 1. The van der Waals surface area contributed by atoms with Crippen LogP contribution in [0, 0.1) is 0 Å². The molecule has 1 amide bonds. The summed E-state index contributed by atoms with van der Waals surface area (Å²) < 4.78 is 44.9. The van der Waals surface area contributed by atoms with Crippen molar-refractivity contribution >= 4 is 34.7 Å². The van der Waals surface area contributed by atoms with Gasteiger partial charge in [0.2, 0.25) is 0 Å². The third-order valence-corrected chi connectivity index (χ3v) is 6.42. The minimum atomic E-state index is -4.55. The van der Waals surface area contributed by atoms with Crippen molar-refractivity contribution in [3.63, 3.8) is 0 Å². The molecule has 1 heterocycles. The number of nitrogens with one attached hydrogen (secondary N) is 1. The van der Waals surface area contributed by atoms with Gasteiger partial charge in [-0.2, -0.15) is 28.4 Å². The van der Waals surface area contributed by atoms with Crippen molar-refractivity contribution in [3.05, 3.63) is 114 Å². The second kappa shape index (κ2) is 12.2. The molecule has 1 aliphatic rings. The lowest BCUT2D eigenvalue weighted by molar-refractivity contribution is -0.137. The van der Waals surface area contributed by atoms with E-state index in [0.717, 1.165) is 34.8 Å². The number of amides is 1. The average Bonchev–Trinajstić information content (AvgIpc) is 3.31. The Hall–Kier alpha value is -5.49. The molecule has 1 aliphatic heterocycles. The van der Waals surface area contributed by atoms with Crippen LogP contribution in [-0.4, -0.2) is 40.1 Å². The van der Waals surface area contributed by atoms with Crippen molar-refractivity contribution in [2.45, 2.75) is 12.8 Å². The molecule has 0 saturated heterocycles. The summed E-state index contributed by atoms with van der Waals surface area (Å²) in [5.41, 5.74) is 3.58. The predicted molar refractivity (Wildman–Crippen MR) is 154 cm³/mol. The highest BCUT2D eigenvalue weighted by molar-refractivity contribution is 6.72. The van der Waals surface area contributed by atoms with E-state index in [0.29, 0.717) is 11.1 Å². The van der Waals surface area contributed by atoms with Crippen LogP contribution in [0.1, 0.15) is 21.5 Å².